The second kappa shape index (κ2) is 9.00. The van der Waals surface area contributed by atoms with Crippen LogP contribution in [-0.2, 0) is 11.2 Å². The molecular weight excluding hydrogens is 295 g/mol. The highest BCUT2D eigenvalue weighted by atomic mass is 19.1. The van der Waals surface area contributed by atoms with E-state index in [4.69, 9.17) is 4.74 Å². The van der Waals surface area contributed by atoms with Crippen molar-refractivity contribution in [1.82, 2.24) is 10.3 Å². The number of hydrogen-bond donors (Lipinski definition) is 1. The van der Waals surface area contributed by atoms with Crippen LogP contribution in [0.1, 0.15) is 29.3 Å². The van der Waals surface area contributed by atoms with E-state index in [0.717, 1.165) is 12.0 Å². The molecule has 2 rings (SSSR count). The Morgan fingerprint density at radius 3 is 2.96 bits per heavy atom. The van der Waals surface area contributed by atoms with Gasteiger partial charge < -0.3 is 10.1 Å². The second-order valence-corrected chi connectivity index (χ2v) is 5.37. The third-order valence-corrected chi connectivity index (χ3v) is 3.34. The number of ether oxygens (including phenoxy) is 1. The number of halogens is 1. The number of carbonyl (C=O) groups is 1. The zero-order valence-electron chi connectivity index (χ0n) is 13.2. The van der Waals surface area contributed by atoms with Crippen LogP contribution in [0.15, 0.2) is 48.8 Å². The number of carbonyl (C=O) groups excluding carboxylic acids is 1. The van der Waals surface area contributed by atoms with E-state index < -0.39 is 0 Å². The molecule has 0 aliphatic heterocycles. The molecule has 1 amide bonds. The minimum atomic E-state index is -0.229. The highest BCUT2D eigenvalue weighted by Gasteiger charge is 2.06. The van der Waals surface area contributed by atoms with Crippen LogP contribution in [0.3, 0.4) is 0 Å². The molecule has 23 heavy (non-hydrogen) atoms. The first-order valence-electron chi connectivity index (χ1n) is 7.69. The first kappa shape index (κ1) is 17.1. The monoisotopic (exact) mass is 316 g/mol. The molecular formula is C18H21FN2O2. The molecule has 1 heterocycles. The fourth-order valence-corrected chi connectivity index (χ4v) is 2.21. The van der Waals surface area contributed by atoms with Crippen molar-refractivity contribution in [3.05, 3.63) is 65.7 Å². The van der Waals surface area contributed by atoms with Crippen LogP contribution in [-0.4, -0.2) is 30.1 Å². The molecule has 0 aliphatic carbocycles. The third-order valence-electron chi connectivity index (χ3n) is 3.34. The van der Waals surface area contributed by atoms with E-state index in [2.05, 4.69) is 10.3 Å². The zero-order chi connectivity index (χ0) is 16.5. The summed E-state index contributed by atoms with van der Waals surface area (Å²) in [6.45, 7) is 3.04. The van der Waals surface area contributed by atoms with Gasteiger partial charge in [-0.3, -0.25) is 9.78 Å². The third kappa shape index (κ3) is 6.16. The fourth-order valence-electron chi connectivity index (χ4n) is 2.21. The lowest BCUT2D eigenvalue weighted by Crippen LogP contribution is -2.26. The Morgan fingerprint density at radius 1 is 1.35 bits per heavy atom. The summed E-state index contributed by atoms with van der Waals surface area (Å²) in [5.74, 6) is -0.362. The van der Waals surface area contributed by atoms with Gasteiger partial charge in [0.15, 0.2) is 0 Å². The van der Waals surface area contributed by atoms with Gasteiger partial charge in [-0.2, -0.15) is 0 Å². The van der Waals surface area contributed by atoms with E-state index in [0.29, 0.717) is 25.1 Å². The van der Waals surface area contributed by atoms with E-state index >= 15 is 0 Å². The Labute approximate surface area is 135 Å². The van der Waals surface area contributed by atoms with Gasteiger partial charge >= 0.3 is 0 Å². The van der Waals surface area contributed by atoms with Gasteiger partial charge in [0.1, 0.15) is 5.82 Å². The highest BCUT2D eigenvalue weighted by Crippen LogP contribution is 2.08. The first-order valence-corrected chi connectivity index (χ1v) is 7.69. The fraction of sp³-hybridized carbons (Fsp3) is 0.333. The van der Waals surface area contributed by atoms with Crippen LogP contribution >= 0.6 is 0 Å². The Kier molecular flexibility index (Phi) is 6.69. The largest absolute Gasteiger partial charge is 0.378 e. The lowest BCUT2D eigenvalue weighted by molar-refractivity contribution is 0.0641. The van der Waals surface area contributed by atoms with Crippen molar-refractivity contribution in [2.24, 2.45) is 0 Å². The number of nitrogens with one attached hydrogen (secondary N) is 1. The van der Waals surface area contributed by atoms with Crippen molar-refractivity contribution in [1.29, 1.82) is 0 Å². The molecule has 122 valence electrons. The quantitative estimate of drug-likeness (QED) is 0.762. The first-order chi connectivity index (χ1) is 11.1. The molecule has 1 aromatic carbocycles. The van der Waals surface area contributed by atoms with E-state index in [1.165, 1.54) is 18.3 Å². The van der Waals surface area contributed by atoms with Crippen LogP contribution < -0.4 is 5.32 Å². The van der Waals surface area contributed by atoms with Crippen molar-refractivity contribution in [3.8, 4) is 0 Å². The van der Waals surface area contributed by atoms with Gasteiger partial charge in [-0.15, -0.1) is 0 Å². The number of rotatable bonds is 8. The summed E-state index contributed by atoms with van der Waals surface area (Å²) in [7, 11) is 0. The van der Waals surface area contributed by atoms with Crippen LogP contribution in [0, 0.1) is 5.82 Å². The molecule has 0 saturated heterocycles. The van der Waals surface area contributed by atoms with Crippen LogP contribution in [0.5, 0.6) is 0 Å². The molecule has 5 heteroatoms. The summed E-state index contributed by atoms with van der Waals surface area (Å²) in [6.07, 6.45) is 4.56. The van der Waals surface area contributed by atoms with Crippen molar-refractivity contribution in [2.75, 3.05) is 13.2 Å². The van der Waals surface area contributed by atoms with Gasteiger partial charge in [0.05, 0.1) is 11.7 Å². The molecule has 1 aromatic heterocycles. The Morgan fingerprint density at radius 2 is 2.22 bits per heavy atom. The van der Waals surface area contributed by atoms with Gasteiger partial charge in [-0.25, -0.2) is 4.39 Å². The number of aromatic nitrogens is 1. The molecule has 0 radical (unpaired) electrons. The topological polar surface area (TPSA) is 51.2 Å². The molecule has 1 N–H and O–H groups in total. The maximum Gasteiger partial charge on any atom is 0.252 e. The maximum absolute atomic E-state index is 13.1. The van der Waals surface area contributed by atoms with Crippen molar-refractivity contribution < 1.29 is 13.9 Å². The Hall–Kier alpha value is -2.27. The van der Waals surface area contributed by atoms with E-state index in [9.17, 15) is 9.18 Å². The standard InChI is InChI=1S/C18H21FN2O2/c1-14(11-15-5-2-7-17(19)12-15)23-10-4-9-21-18(22)16-6-3-8-20-13-16/h2-3,5-8,12-14H,4,9-11H2,1H3,(H,21,22). The van der Waals surface area contributed by atoms with Gasteiger partial charge in [0.25, 0.3) is 5.91 Å². The van der Waals surface area contributed by atoms with Crippen molar-refractivity contribution >= 4 is 5.91 Å². The predicted octanol–water partition coefficient (Wildman–Crippen LogP) is 2.99. The molecule has 0 bridgehead atoms. The minimum absolute atomic E-state index is 0.00539. The van der Waals surface area contributed by atoms with E-state index in [-0.39, 0.29) is 17.8 Å². The van der Waals surface area contributed by atoms with Crippen LogP contribution in [0.25, 0.3) is 0 Å². The highest BCUT2D eigenvalue weighted by molar-refractivity contribution is 5.93. The van der Waals surface area contributed by atoms with Gasteiger partial charge in [-0.05, 0) is 49.6 Å². The summed E-state index contributed by atoms with van der Waals surface area (Å²) in [5.41, 5.74) is 1.47. The summed E-state index contributed by atoms with van der Waals surface area (Å²) < 4.78 is 18.8. The summed E-state index contributed by atoms with van der Waals surface area (Å²) >= 11 is 0. The lowest BCUT2D eigenvalue weighted by Gasteiger charge is -2.13. The zero-order valence-corrected chi connectivity index (χ0v) is 13.2. The summed E-state index contributed by atoms with van der Waals surface area (Å²) in [4.78, 5) is 15.7. The molecule has 2 aromatic rings. The molecule has 1 unspecified atom stereocenters. The van der Waals surface area contributed by atoms with E-state index in [1.807, 2.05) is 13.0 Å². The SMILES string of the molecule is CC(Cc1cccc(F)c1)OCCCNC(=O)c1cccnc1. The molecule has 4 nitrogen and oxygen atoms in total. The average molecular weight is 316 g/mol. The van der Waals surface area contributed by atoms with Gasteiger partial charge in [0.2, 0.25) is 0 Å². The Bertz CT molecular complexity index is 619. The number of hydrogen-bond acceptors (Lipinski definition) is 3. The van der Waals surface area contributed by atoms with Crippen molar-refractivity contribution in [3.63, 3.8) is 0 Å². The smallest absolute Gasteiger partial charge is 0.252 e. The number of benzene rings is 1. The van der Waals surface area contributed by atoms with Gasteiger partial charge in [0, 0.05) is 25.5 Å². The number of amides is 1. The molecule has 0 aliphatic rings. The Balaban J connectivity index is 1.61. The number of pyridine rings is 1. The predicted molar refractivity (Wildman–Crippen MR) is 86.7 cm³/mol. The molecule has 1 atom stereocenters. The summed E-state index contributed by atoms with van der Waals surface area (Å²) in [6, 6.07) is 9.99. The molecule has 0 fully saturated rings. The minimum Gasteiger partial charge on any atom is -0.378 e. The molecule has 0 spiro atoms. The van der Waals surface area contributed by atoms with Crippen LogP contribution in [0.4, 0.5) is 4.39 Å². The van der Waals surface area contributed by atoms with Crippen LogP contribution in [0.2, 0.25) is 0 Å². The molecule has 0 saturated carbocycles. The van der Waals surface area contributed by atoms with Crippen molar-refractivity contribution in [2.45, 2.75) is 25.9 Å². The van der Waals surface area contributed by atoms with Gasteiger partial charge in [-0.1, -0.05) is 12.1 Å². The normalized spacial score (nSPS) is 11.9. The number of nitrogens with zero attached hydrogens (tertiary/aromatic N) is 1. The maximum atomic E-state index is 13.1. The lowest BCUT2D eigenvalue weighted by atomic mass is 10.1. The second-order valence-electron chi connectivity index (χ2n) is 5.37. The average Bonchev–Trinajstić information content (AvgIpc) is 2.55. The van der Waals surface area contributed by atoms with E-state index in [1.54, 1.807) is 24.4 Å². The summed E-state index contributed by atoms with van der Waals surface area (Å²) in [5, 5.41) is 2.82.